The van der Waals surface area contributed by atoms with E-state index in [2.05, 4.69) is 22.5 Å². The van der Waals surface area contributed by atoms with E-state index in [-0.39, 0.29) is 11.3 Å². The second-order valence-corrected chi connectivity index (χ2v) is 6.73. The highest BCUT2D eigenvalue weighted by Crippen LogP contribution is 2.32. The van der Waals surface area contributed by atoms with Crippen molar-refractivity contribution >= 4 is 17.2 Å². The first-order valence-electron chi connectivity index (χ1n) is 6.93. The maximum absolute atomic E-state index is 12.7. The molecule has 0 aliphatic carbocycles. The van der Waals surface area contributed by atoms with Gasteiger partial charge in [0.2, 0.25) is 5.91 Å². The molecule has 106 valence electrons. The monoisotopic (exact) mass is 281 g/mol. The molecular formula is C14H23N3OS. The van der Waals surface area contributed by atoms with Crippen molar-refractivity contribution in [3.8, 4) is 0 Å². The third-order valence-electron chi connectivity index (χ3n) is 4.02. The van der Waals surface area contributed by atoms with Gasteiger partial charge in [-0.25, -0.2) is 4.98 Å². The molecule has 2 heterocycles. The number of carbonyl (C=O) groups excluding carboxylic acids is 1. The molecule has 0 saturated carbocycles. The standard InChI is InChI=1S/C14H23N3OS/c1-4-14(6-5-7-15-10-14)11(18)17-13(2,3)12-16-8-9-19-12/h8-9,15H,4-7,10H2,1-3H3,(H,17,18). The van der Waals surface area contributed by atoms with Gasteiger partial charge in [-0.05, 0) is 39.7 Å². The van der Waals surface area contributed by atoms with Crippen LogP contribution in [0.15, 0.2) is 11.6 Å². The molecule has 1 aromatic rings. The number of hydrogen-bond acceptors (Lipinski definition) is 4. The van der Waals surface area contributed by atoms with Gasteiger partial charge in [-0.15, -0.1) is 11.3 Å². The molecule has 2 N–H and O–H groups in total. The Kier molecular flexibility index (Phi) is 4.26. The van der Waals surface area contributed by atoms with Gasteiger partial charge in [-0.2, -0.15) is 0 Å². The molecule has 0 spiro atoms. The third kappa shape index (κ3) is 2.98. The first kappa shape index (κ1) is 14.5. The summed E-state index contributed by atoms with van der Waals surface area (Å²) in [6.45, 7) is 7.93. The second kappa shape index (κ2) is 5.59. The van der Waals surface area contributed by atoms with E-state index in [1.54, 1.807) is 17.5 Å². The van der Waals surface area contributed by atoms with Gasteiger partial charge in [0.25, 0.3) is 0 Å². The van der Waals surface area contributed by atoms with Crippen molar-refractivity contribution in [2.24, 2.45) is 5.41 Å². The Balaban J connectivity index is 2.11. The van der Waals surface area contributed by atoms with Gasteiger partial charge in [0, 0.05) is 18.1 Å². The first-order valence-corrected chi connectivity index (χ1v) is 7.81. The summed E-state index contributed by atoms with van der Waals surface area (Å²) in [6.07, 6.45) is 4.70. The Labute approximate surface area is 119 Å². The fourth-order valence-corrected chi connectivity index (χ4v) is 3.34. The van der Waals surface area contributed by atoms with E-state index < -0.39 is 5.54 Å². The predicted molar refractivity (Wildman–Crippen MR) is 78.1 cm³/mol. The number of thiazole rings is 1. The molecule has 1 atom stereocenters. The lowest BCUT2D eigenvalue weighted by Gasteiger charge is -2.38. The normalized spacial score (nSPS) is 24.2. The van der Waals surface area contributed by atoms with Gasteiger partial charge in [0.05, 0.1) is 11.0 Å². The molecule has 1 aliphatic rings. The number of nitrogens with zero attached hydrogens (tertiary/aromatic N) is 1. The fourth-order valence-electron chi connectivity index (χ4n) is 2.63. The lowest BCUT2D eigenvalue weighted by Crippen LogP contribution is -2.54. The molecular weight excluding hydrogens is 258 g/mol. The van der Waals surface area contributed by atoms with Crippen molar-refractivity contribution in [1.29, 1.82) is 0 Å². The average molecular weight is 281 g/mol. The van der Waals surface area contributed by atoms with Crippen LogP contribution in [0.4, 0.5) is 0 Å². The molecule has 2 rings (SSSR count). The topological polar surface area (TPSA) is 54.0 Å². The summed E-state index contributed by atoms with van der Waals surface area (Å²) in [6, 6.07) is 0. The number of rotatable bonds is 4. The Bertz CT molecular complexity index is 422. The van der Waals surface area contributed by atoms with Crippen LogP contribution < -0.4 is 10.6 Å². The molecule has 19 heavy (non-hydrogen) atoms. The van der Waals surface area contributed by atoms with Crippen molar-refractivity contribution in [2.75, 3.05) is 13.1 Å². The van der Waals surface area contributed by atoms with Crippen LogP contribution >= 0.6 is 11.3 Å². The molecule has 0 bridgehead atoms. The maximum Gasteiger partial charge on any atom is 0.228 e. The van der Waals surface area contributed by atoms with Crippen LogP contribution in [0, 0.1) is 5.41 Å². The molecule has 1 saturated heterocycles. The lowest BCUT2D eigenvalue weighted by atomic mass is 9.77. The van der Waals surface area contributed by atoms with E-state index in [1.807, 2.05) is 19.2 Å². The molecule has 0 radical (unpaired) electrons. The van der Waals surface area contributed by atoms with Gasteiger partial charge >= 0.3 is 0 Å². The van der Waals surface area contributed by atoms with Crippen LogP contribution in [0.3, 0.4) is 0 Å². The molecule has 1 fully saturated rings. The summed E-state index contributed by atoms with van der Waals surface area (Å²) < 4.78 is 0. The van der Waals surface area contributed by atoms with Crippen LogP contribution in [-0.4, -0.2) is 24.0 Å². The molecule has 1 unspecified atom stereocenters. The Morgan fingerprint density at radius 2 is 2.42 bits per heavy atom. The Morgan fingerprint density at radius 3 is 2.95 bits per heavy atom. The van der Waals surface area contributed by atoms with Crippen LogP contribution in [0.25, 0.3) is 0 Å². The van der Waals surface area contributed by atoms with Crippen LogP contribution in [0.1, 0.15) is 45.0 Å². The summed E-state index contributed by atoms with van der Waals surface area (Å²) in [5, 5.41) is 9.44. The van der Waals surface area contributed by atoms with Gasteiger partial charge in [-0.1, -0.05) is 6.92 Å². The largest absolute Gasteiger partial charge is 0.344 e. The zero-order chi connectivity index (χ0) is 13.9. The Morgan fingerprint density at radius 1 is 1.63 bits per heavy atom. The number of aromatic nitrogens is 1. The molecule has 1 aliphatic heterocycles. The van der Waals surface area contributed by atoms with E-state index >= 15 is 0 Å². The number of hydrogen-bond donors (Lipinski definition) is 2. The summed E-state index contributed by atoms with van der Waals surface area (Å²) in [5.41, 5.74) is -0.655. The third-order valence-corrected chi connectivity index (χ3v) is 5.12. The van der Waals surface area contributed by atoms with Gasteiger partial charge in [0.15, 0.2) is 0 Å². The minimum absolute atomic E-state index is 0.155. The summed E-state index contributed by atoms with van der Waals surface area (Å²) in [7, 11) is 0. The second-order valence-electron chi connectivity index (χ2n) is 5.83. The minimum Gasteiger partial charge on any atom is -0.344 e. The highest BCUT2D eigenvalue weighted by molar-refractivity contribution is 7.09. The summed E-state index contributed by atoms with van der Waals surface area (Å²) >= 11 is 1.58. The quantitative estimate of drug-likeness (QED) is 0.890. The molecule has 5 heteroatoms. The van der Waals surface area contributed by atoms with Crippen molar-refractivity contribution in [3.63, 3.8) is 0 Å². The molecule has 4 nitrogen and oxygen atoms in total. The van der Waals surface area contributed by atoms with Gasteiger partial charge in [0.1, 0.15) is 5.01 Å². The van der Waals surface area contributed by atoms with Crippen molar-refractivity contribution in [2.45, 2.75) is 45.6 Å². The summed E-state index contributed by atoms with van der Waals surface area (Å²) in [4.78, 5) is 17.0. The Hall–Kier alpha value is -0.940. The lowest BCUT2D eigenvalue weighted by molar-refractivity contribution is -0.134. The zero-order valence-corrected chi connectivity index (χ0v) is 12.8. The summed E-state index contributed by atoms with van der Waals surface area (Å²) in [5.74, 6) is 0.155. The molecule has 0 aromatic carbocycles. The van der Waals surface area contributed by atoms with Crippen molar-refractivity contribution < 1.29 is 4.79 Å². The van der Waals surface area contributed by atoms with Crippen molar-refractivity contribution in [1.82, 2.24) is 15.6 Å². The predicted octanol–water partition coefficient (Wildman–Crippen LogP) is 2.27. The van der Waals surface area contributed by atoms with E-state index in [4.69, 9.17) is 0 Å². The first-order chi connectivity index (χ1) is 9.00. The SMILES string of the molecule is CCC1(C(=O)NC(C)(C)c2nccs2)CCCNC1. The number of amides is 1. The fraction of sp³-hybridized carbons (Fsp3) is 0.714. The number of piperidine rings is 1. The molecule has 1 aromatic heterocycles. The highest BCUT2D eigenvalue weighted by atomic mass is 32.1. The maximum atomic E-state index is 12.7. The van der Waals surface area contributed by atoms with E-state index in [0.29, 0.717) is 0 Å². The number of nitrogens with one attached hydrogen (secondary N) is 2. The van der Waals surface area contributed by atoms with Crippen LogP contribution in [0.5, 0.6) is 0 Å². The zero-order valence-electron chi connectivity index (χ0n) is 12.0. The molecule has 1 amide bonds. The van der Waals surface area contributed by atoms with Crippen molar-refractivity contribution in [3.05, 3.63) is 16.6 Å². The van der Waals surface area contributed by atoms with E-state index in [1.165, 1.54) is 0 Å². The number of carbonyl (C=O) groups is 1. The van der Waals surface area contributed by atoms with Crippen LogP contribution in [-0.2, 0) is 10.3 Å². The average Bonchev–Trinajstić information content (AvgIpc) is 2.93. The van der Waals surface area contributed by atoms with Gasteiger partial charge in [-0.3, -0.25) is 4.79 Å². The van der Waals surface area contributed by atoms with Crippen LogP contribution in [0.2, 0.25) is 0 Å². The smallest absolute Gasteiger partial charge is 0.228 e. The minimum atomic E-state index is -0.398. The van der Waals surface area contributed by atoms with Gasteiger partial charge < -0.3 is 10.6 Å². The highest BCUT2D eigenvalue weighted by Gasteiger charge is 2.40. The van der Waals surface area contributed by atoms with E-state index in [0.717, 1.165) is 37.4 Å². The van der Waals surface area contributed by atoms with E-state index in [9.17, 15) is 4.79 Å².